The lowest BCUT2D eigenvalue weighted by atomic mass is 10.0. The molecule has 0 bridgehead atoms. The van der Waals surface area contributed by atoms with Crippen LogP contribution in [0.1, 0.15) is 0 Å². The standard InChI is InChI=1S/C57H36N4O/c1-5-15-37(16-6-1)41-23-13-24-44(33-41)56-58-55(40-21-11-4-12-22-40)59-57(60-56)48-25-14-26-52-54(48)47-31-29-45(36-53(47)62-52)61-50-32-28-42(38-17-7-2-8-18-38)34-49(50)46-30-27-43(35-51(46)61)39-19-9-3-10-20-39/h1-36H. The lowest BCUT2D eigenvalue weighted by Crippen LogP contribution is -2.00. The molecule has 0 aliphatic carbocycles. The van der Waals surface area contributed by atoms with Crippen molar-refractivity contribution in [1.82, 2.24) is 19.5 Å². The minimum Gasteiger partial charge on any atom is -0.456 e. The highest BCUT2D eigenvalue weighted by atomic mass is 16.3. The fraction of sp³-hybridized carbons (Fsp3) is 0. The third kappa shape index (κ3) is 6.14. The van der Waals surface area contributed by atoms with Crippen molar-refractivity contribution in [3.05, 3.63) is 218 Å². The Morgan fingerprint density at radius 2 is 0.839 bits per heavy atom. The number of hydrogen-bond donors (Lipinski definition) is 0. The molecule has 0 N–H and O–H groups in total. The van der Waals surface area contributed by atoms with Gasteiger partial charge in [-0.15, -0.1) is 0 Å². The Kier molecular flexibility index (Phi) is 8.42. The first-order valence-corrected chi connectivity index (χ1v) is 20.8. The van der Waals surface area contributed by atoms with E-state index >= 15 is 0 Å². The van der Waals surface area contributed by atoms with Gasteiger partial charge in [-0.1, -0.05) is 170 Å². The van der Waals surface area contributed by atoms with E-state index in [0.29, 0.717) is 17.5 Å². The van der Waals surface area contributed by atoms with Crippen LogP contribution in [0.25, 0.3) is 117 Å². The zero-order valence-electron chi connectivity index (χ0n) is 33.5. The highest BCUT2D eigenvalue weighted by molar-refractivity contribution is 6.14. The van der Waals surface area contributed by atoms with Crippen LogP contribution in [0.3, 0.4) is 0 Å². The molecule has 0 radical (unpaired) electrons. The molecule has 0 saturated heterocycles. The number of nitrogens with zero attached hydrogens (tertiary/aromatic N) is 4. The molecular formula is C57H36N4O. The van der Waals surface area contributed by atoms with Gasteiger partial charge in [-0.3, -0.25) is 0 Å². The van der Waals surface area contributed by atoms with Gasteiger partial charge >= 0.3 is 0 Å². The molecule has 12 rings (SSSR count). The SMILES string of the molecule is c1ccc(-c2cccc(-c3nc(-c4ccccc4)nc(-c4cccc5oc6cc(-n7c8ccc(-c9ccccc9)cc8c8ccc(-c9ccccc9)cc87)ccc6c45)n3)c2)cc1. The topological polar surface area (TPSA) is 56.7 Å². The van der Waals surface area contributed by atoms with Crippen LogP contribution in [-0.4, -0.2) is 19.5 Å². The average molecular weight is 793 g/mol. The van der Waals surface area contributed by atoms with Crippen molar-refractivity contribution in [3.63, 3.8) is 0 Å². The van der Waals surface area contributed by atoms with Crippen molar-refractivity contribution >= 4 is 43.7 Å². The zero-order chi connectivity index (χ0) is 41.0. The van der Waals surface area contributed by atoms with Crippen LogP contribution < -0.4 is 0 Å². The lowest BCUT2D eigenvalue weighted by molar-refractivity contribution is 0.668. The van der Waals surface area contributed by atoms with Gasteiger partial charge < -0.3 is 8.98 Å². The van der Waals surface area contributed by atoms with Gasteiger partial charge in [0.05, 0.1) is 11.0 Å². The highest BCUT2D eigenvalue weighted by Gasteiger charge is 2.20. The zero-order valence-corrected chi connectivity index (χ0v) is 33.5. The molecular weight excluding hydrogens is 757 g/mol. The third-order valence-electron chi connectivity index (χ3n) is 11.9. The van der Waals surface area contributed by atoms with E-state index in [2.05, 4.69) is 174 Å². The maximum atomic E-state index is 6.76. The van der Waals surface area contributed by atoms with E-state index in [1.807, 2.05) is 48.5 Å². The molecule has 290 valence electrons. The predicted molar refractivity (Wildman–Crippen MR) is 254 cm³/mol. The number of aromatic nitrogens is 4. The number of benzene rings is 9. The molecule has 62 heavy (non-hydrogen) atoms. The van der Waals surface area contributed by atoms with Crippen LogP contribution in [0, 0.1) is 0 Å². The molecule has 0 unspecified atom stereocenters. The molecule has 0 spiro atoms. The number of hydrogen-bond acceptors (Lipinski definition) is 4. The fourth-order valence-corrected chi connectivity index (χ4v) is 8.87. The van der Waals surface area contributed by atoms with Gasteiger partial charge in [-0.05, 0) is 75.8 Å². The van der Waals surface area contributed by atoms with E-state index in [1.165, 1.54) is 33.0 Å². The molecule has 3 aromatic heterocycles. The number of rotatable bonds is 7. The summed E-state index contributed by atoms with van der Waals surface area (Å²) in [6.07, 6.45) is 0. The summed E-state index contributed by atoms with van der Waals surface area (Å²) in [6.45, 7) is 0. The number of furan rings is 1. The molecule has 0 aliphatic heterocycles. The second kappa shape index (κ2) is 14.7. The van der Waals surface area contributed by atoms with Crippen LogP contribution in [0.5, 0.6) is 0 Å². The van der Waals surface area contributed by atoms with Gasteiger partial charge in [-0.2, -0.15) is 0 Å². The van der Waals surface area contributed by atoms with Crippen molar-refractivity contribution in [2.45, 2.75) is 0 Å². The molecule has 5 nitrogen and oxygen atoms in total. The Hall–Kier alpha value is -8.41. The molecule has 0 aliphatic rings. The molecule has 0 fully saturated rings. The lowest BCUT2D eigenvalue weighted by Gasteiger charge is -2.11. The van der Waals surface area contributed by atoms with E-state index in [4.69, 9.17) is 19.4 Å². The van der Waals surface area contributed by atoms with Gasteiger partial charge in [-0.25, -0.2) is 15.0 Å². The van der Waals surface area contributed by atoms with Crippen molar-refractivity contribution in [1.29, 1.82) is 0 Å². The van der Waals surface area contributed by atoms with E-state index in [9.17, 15) is 0 Å². The highest BCUT2D eigenvalue weighted by Crippen LogP contribution is 2.41. The van der Waals surface area contributed by atoms with Gasteiger partial charge in [0.15, 0.2) is 17.5 Å². The predicted octanol–water partition coefficient (Wildman–Crippen LogP) is 14.9. The summed E-state index contributed by atoms with van der Waals surface area (Å²) in [5.74, 6) is 1.80. The number of fused-ring (bicyclic) bond motifs is 6. The first kappa shape index (κ1) is 35.5. The smallest absolute Gasteiger partial charge is 0.164 e. The first-order chi connectivity index (χ1) is 30.7. The van der Waals surface area contributed by atoms with Gasteiger partial charge in [0, 0.05) is 50.0 Å². The van der Waals surface area contributed by atoms with Crippen LogP contribution >= 0.6 is 0 Å². The van der Waals surface area contributed by atoms with Gasteiger partial charge in [0.1, 0.15) is 11.2 Å². The summed E-state index contributed by atoms with van der Waals surface area (Å²) in [5.41, 5.74) is 14.5. The Morgan fingerprint density at radius 1 is 0.306 bits per heavy atom. The first-order valence-electron chi connectivity index (χ1n) is 20.8. The summed E-state index contributed by atoms with van der Waals surface area (Å²) in [4.78, 5) is 15.4. The summed E-state index contributed by atoms with van der Waals surface area (Å²) in [6, 6.07) is 76.3. The van der Waals surface area contributed by atoms with Crippen molar-refractivity contribution in [3.8, 4) is 73.2 Å². The Balaban J connectivity index is 1.03. The fourth-order valence-electron chi connectivity index (χ4n) is 8.87. The van der Waals surface area contributed by atoms with E-state index < -0.39 is 0 Å². The maximum Gasteiger partial charge on any atom is 0.164 e. The maximum absolute atomic E-state index is 6.76. The molecule has 5 heteroatoms. The second-order valence-corrected chi connectivity index (χ2v) is 15.6. The van der Waals surface area contributed by atoms with Crippen molar-refractivity contribution in [2.75, 3.05) is 0 Å². The summed E-state index contributed by atoms with van der Waals surface area (Å²) in [7, 11) is 0. The van der Waals surface area contributed by atoms with Crippen molar-refractivity contribution < 1.29 is 4.42 Å². The Labute approximate surface area is 357 Å². The minimum atomic E-state index is 0.585. The second-order valence-electron chi connectivity index (χ2n) is 15.6. The summed E-state index contributed by atoms with van der Waals surface area (Å²) in [5, 5.41) is 4.34. The molecule has 12 aromatic rings. The molecule has 9 aromatic carbocycles. The molecule has 0 atom stereocenters. The largest absolute Gasteiger partial charge is 0.456 e. The van der Waals surface area contributed by atoms with Gasteiger partial charge in [0.25, 0.3) is 0 Å². The van der Waals surface area contributed by atoms with Gasteiger partial charge in [0.2, 0.25) is 0 Å². The van der Waals surface area contributed by atoms with Crippen LogP contribution in [0.4, 0.5) is 0 Å². The molecule has 3 heterocycles. The minimum absolute atomic E-state index is 0.585. The monoisotopic (exact) mass is 792 g/mol. The molecule has 0 saturated carbocycles. The average Bonchev–Trinajstić information content (AvgIpc) is 3.89. The molecule has 0 amide bonds. The Morgan fingerprint density at radius 3 is 1.53 bits per heavy atom. The normalized spacial score (nSPS) is 11.5. The van der Waals surface area contributed by atoms with E-state index in [0.717, 1.165) is 66.5 Å². The quantitative estimate of drug-likeness (QED) is 0.161. The summed E-state index contributed by atoms with van der Waals surface area (Å²) >= 11 is 0. The van der Waals surface area contributed by atoms with Crippen LogP contribution in [-0.2, 0) is 0 Å². The van der Waals surface area contributed by atoms with Crippen molar-refractivity contribution in [2.24, 2.45) is 0 Å². The van der Waals surface area contributed by atoms with E-state index in [1.54, 1.807) is 0 Å². The van der Waals surface area contributed by atoms with Crippen LogP contribution in [0.2, 0.25) is 0 Å². The van der Waals surface area contributed by atoms with Crippen LogP contribution in [0.15, 0.2) is 223 Å². The summed E-state index contributed by atoms with van der Waals surface area (Å²) < 4.78 is 9.13. The Bertz CT molecular complexity index is 3610. The van der Waals surface area contributed by atoms with E-state index in [-0.39, 0.29) is 0 Å². The third-order valence-corrected chi connectivity index (χ3v) is 11.9.